The zero-order valence-corrected chi connectivity index (χ0v) is 11.1. The van der Waals surface area contributed by atoms with E-state index in [-0.39, 0.29) is 23.0 Å². The van der Waals surface area contributed by atoms with Gasteiger partial charge in [-0.15, -0.1) is 0 Å². The van der Waals surface area contributed by atoms with E-state index in [0.29, 0.717) is 0 Å². The monoisotopic (exact) mass is 237 g/mol. The molecule has 0 aromatic carbocycles. The first-order chi connectivity index (χ1) is 7.90. The van der Waals surface area contributed by atoms with Gasteiger partial charge in [-0.1, -0.05) is 6.08 Å². The molecule has 0 bridgehead atoms. The number of hydrogen-bond acceptors (Lipinski definition) is 3. The van der Waals surface area contributed by atoms with Crippen LogP contribution in [0.15, 0.2) is 12.3 Å². The van der Waals surface area contributed by atoms with Crippen LogP contribution in [-0.2, 0) is 9.53 Å². The molecule has 96 valence electrons. The normalized spacial score (nSPS) is 32.5. The Morgan fingerprint density at radius 1 is 1.35 bits per heavy atom. The molecule has 0 aromatic heterocycles. The molecule has 1 spiro atoms. The maximum atomic E-state index is 12.0. The molecular formula is C14H23NO2. The van der Waals surface area contributed by atoms with Crippen molar-refractivity contribution in [2.45, 2.75) is 64.0 Å². The van der Waals surface area contributed by atoms with E-state index in [9.17, 15) is 4.79 Å². The summed E-state index contributed by atoms with van der Waals surface area (Å²) in [7, 11) is 0. The van der Waals surface area contributed by atoms with Gasteiger partial charge in [-0.3, -0.25) is 4.79 Å². The fourth-order valence-electron chi connectivity index (χ4n) is 2.72. The van der Waals surface area contributed by atoms with Crippen LogP contribution in [0.25, 0.3) is 0 Å². The Bertz CT molecular complexity index is 310. The molecule has 0 radical (unpaired) electrons. The summed E-state index contributed by atoms with van der Waals surface area (Å²) in [5, 5.41) is 3.45. The van der Waals surface area contributed by atoms with E-state index in [1.165, 1.54) is 0 Å². The Hall–Kier alpha value is -0.990. The van der Waals surface area contributed by atoms with Crippen molar-refractivity contribution in [3.05, 3.63) is 12.3 Å². The summed E-state index contributed by atoms with van der Waals surface area (Å²) in [4.78, 5) is 12.0. The maximum absolute atomic E-state index is 12.0. The molecule has 1 aliphatic carbocycles. The lowest BCUT2D eigenvalue weighted by Gasteiger charge is -2.37. The topological polar surface area (TPSA) is 38.3 Å². The lowest BCUT2D eigenvalue weighted by Crippen LogP contribution is -2.44. The van der Waals surface area contributed by atoms with Gasteiger partial charge in [0.15, 0.2) is 0 Å². The van der Waals surface area contributed by atoms with Crippen molar-refractivity contribution in [3.63, 3.8) is 0 Å². The third kappa shape index (κ3) is 3.02. The average molecular weight is 237 g/mol. The van der Waals surface area contributed by atoms with Crippen molar-refractivity contribution in [2.75, 3.05) is 0 Å². The minimum Gasteiger partial charge on any atom is -0.460 e. The van der Waals surface area contributed by atoms with Crippen LogP contribution in [0.2, 0.25) is 0 Å². The highest BCUT2D eigenvalue weighted by Gasteiger charge is 2.38. The first-order valence-electron chi connectivity index (χ1n) is 6.56. The maximum Gasteiger partial charge on any atom is 0.309 e. The number of esters is 1. The lowest BCUT2D eigenvalue weighted by molar-refractivity contribution is -0.161. The Morgan fingerprint density at radius 3 is 2.47 bits per heavy atom. The number of carbonyl (C=O) groups excluding carboxylic acids is 1. The molecule has 3 heteroatoms. The predicted molar refractivity (Wildman–Crippen MR) is 67.4 cm³/mol. The van der Waals surface area contributed by atoms with Crippen molar-refractivity contribution in [2.24, 2.45) is 5.92 Å². The van der Waals surface area contributed by atoms with Gasteiger partial charge in [0, 0.05) is 5.54 Å². The molecular weight excluding hydrogens is 214 g/mol. The van der Waals surface area contributed by atoms with Gasteiger partial charge in [0.1, 0.15) is 5.60 Å². The van der Waals surface area contributed by atoms with Gasteiger partial charge in [0.2, 0.25) is 0 Å². The van der Waals surface area contributed by atoms with Gasteiger partial charge in [0.05, 0.1) is 5.92 Å². The van der Waals surface area contributed by atoms with Crippen LogP contribution in [-0.4, -0.2) is 17.1 Å². The van der Waals surface area contributed by atoms with E-state index in [1.54, 1.807) is 0 Å². The van der Waals surface area contributed by atoms with Crippen molar-refractivity contribution in [1.82, 2.24) is 5.32 Å². The predicted octanol–water partition coefficient (Wildman–Crippen LogP) is 2.76. The number of rotatable bonds is 1. The highest BCUT2D eigenvalue weighted by Crippen LogP contribution is 2.37. The zero-order chi connectivity index (χ0) is 12.5. The second kappa shape index (κ2) is 4.35. The molecule has 17 heavy (non-hydrogen) atoms. The van der Waals surface area contributed by atoms with Crippen molar-refractivity contribution in [1.29, 1.82) is 0 Å². The number of hydrogen-bond donors (Lipinski definition) is 1. The molecule has 0 unspecified atom stereocenters. The Morgan fingerprint density at radius 2 is 2.00 bits per heavy atom. The standard InChI is InChI=1S/C14H23NO2/c1-13(2,3)17-12(16)11-5-8-14(9-6-11)7-4-10-15-14/h4,10-11,15H,5-9H2,1-3H3. The Labute approximate surface area is 104 Å². The van der Waals surface area contributed by atoms with E-state index >= 15 is 0 Å². The fourth-order valence-corrected chi connectivity index (χ4v) is 2.72. The third-order valence-electron chi connectivity index (χ3n) is 3.70. The second-order valence-electron chi connectivity index (χ2n) is 6.34. The molecule has 0 aromatic rings. The summed E-state index contributed by atoms with van der Waals surface area (Å²) >= 11 is 0. The fraction of sp³-hybridized carbons (Fsp3) is 0.786. The van der Waals surface area contributed by atoms with Crippen LogP contribution < -0.4 is 5.32 Å². The summed E-state index contributed by atoms with van der Waals surface area (Å²) in [6.45, 7) is 5.78. The Kier molecular flexibility index (Phi) is 3.19. The minimum absolute atomic E-state index is 0.0155. The van der Waals surface area contributed by atoms with Gasteiger partial charge in [-0.25, -0.2) is 0 Å². The molecule has 1 fully saturated rings. The molecule has 1 saturated carbocycles. The molecule has 0 atom stereocenters. The van der Waals surface area contributed by atoms with Crippen LogP contribution in [0.5, 0.6) is 0 Å². The van der Waals surface area contributed by atoms with Crippen LogP contribution in [0, 0.1) is 5.92 Å². The number of ether oxygens (including phenoxy) is 1. The van der Waals surface area contributed by atoms with Crippen LogP contribution >= 0.6 is 0 Å². The molecule has 1 aliphatic heterocycles. The highest BCUT2D eigenvalue weighted by molar-refractivity contribution is 5.73. The second-order valence-corrected chi connectivity index (χ2v) is 6.34. The van der Waals surface area contributed by atoms with Gasteiger partial charge < -0.3 is 10.1 Å². The molecule has 0 amide bonds. The summed E-state index contributed by atoms with van der Waals surface area (Å²) in [5.41, 5.74) is -0.113. The molecule has 2 rings (SSSR count). The smallest absolute Gasteiger partial charge is 0.309 e. The van der Waals surface area contributed by atoms with Crippen molar-refractivity contribution >= 4 is 5.97 Å². The largest absolute Gasteiger partial charge is 0.460 e. The summed E-state index contributed by atoms with van der Waals surface area (Å²) in [5.74, 6) is 0.0838. The van der Waals surface area contributed by atoms with E-state index in [0.717, 1.165) is 32.1 Å². The van der Waals surface area contributed by atoms with Gasteiger partial charge in [-0.2, -0.15) is 0 Å². The minimum atomic E-state index is -0.362. The summed E-state index contributed by atoms with van der Waals surface area (Å²) < 4.78 is 5.45. The molecule has 0 saturated heterocycles. The van der Waals surface area contributed by atoms with E-state index in [4.69, 9.17) is 4.74 Å². The van der Waals surface area contributed by atoms with E-state index < -0.39 is 0 Å². The quantitative estimate of drug-likeness (QED) is 0.713. The van der Waals surface area contributed by atoms with Crippen LogP contribution in [0.1, 0.15) is 52.9 Å². The van der Waals surface area contributed by atoms with Crippen molar-refractivity contribution < 1.29 is 9.53 Å². The number of nitrogens with one attached hydrogen (secondary N) is 1. The summed E-state index contributed by atoms with van der Waals surface area (Å²) in [6.07, 6.45) is 9.39. The van der Waals surface area contributed by atoms with E-state index in [1.807, 2.05) is 27.0 Å². The first-order valence-corrected chi connectivity index (χ1v) is 6.56. The molecule has 3 nitrogen and oxygen atoms in total. The average Bonchev–Trinajstić information content (AvgIpc) is 2.65. The van der Waals surface area contributed by atoms with Crippen LogP contribution in [0.3, 0.4) is 0 Å². The molecule has 2 aliphatic rings. The van der Waals surface area contributed by atoms with Crippen LogP contribution in [0.4, 0.5) is 0 Å². The lowest BCUT2D eigenvalue weighted by atomic mass is 9.76. The summed E-state index contributed by atoms with van der Waals surface area (Å²) in [6, 6.07) is 0. The molecule has 1 heterocycles. The first kappa shape index (κ1) is 12.5. The van der Waals surface area contributed by atoms with Gasteiger partial charge in [-0.05, 0) is 59.1 Å². The molecule has 1 N–H and O–H groups in total. The number of carbonyl (C=O) groups is 1. The highest BCUT2D eigenvalue weighted by atomic mass is 16.6. The SMILES string of the molecule is CC(C)(C)OC(=O)C1CCC2(CC=CN2)CC1. The zero-order valence-electron chi connectivity index (χ0n) is 11.1. The van der Waals surface area contributed by atoms with Crippen molar-refractivity contribution in [3.8, 4) is 0 Å². The van der Waals surface area contributed by atoms with Gasteiger partial charge in [0.25, 0.3) is 0 Å². The third-order valence-corrected chi connectivity index (χ3v) is 3.70. The van der Waals surface area contributed by atoms with Gasteiger partial charge >= 0.3 is 5.97 Å². The Balaban J connectivity index is 1.84. The van der Waals surface area contributed by atoms with E-state index in [2.05, 4.69) is 11.4 Å².